The smallest absolute Gasteiger partial charge is 0.250 e. The molecule has 1 unspecified atom stereocenters. The maximum absolute atomic E-state index is 12.0. The van der Waals surface area contributed by atoms with Gasteiger partial charge in [-0.25, -0.2) is 0 Å². The molecular formula is C13H19N3O3. The lowest BCUT2D eigenvalue weighted by atomic mass is 10.2. The van der Waals surface area contributed by atoms with Gasteiger partial charge >= 0.3 is 0 Å². The van der Waals surface area contributed by atoms with E-state index in [2.05, 4.69) is 15.4 Å². The van der Waals surface area contributed by atoms with Crippen molar-refractivity contribution in [1.82, 2.24) is 15.4 Å². The standard InChI is InChI=1S/C13H19N3O3/c1-9-6-11(19-15-9)7-16-4-5-18-12(8-16)13(17)14-10-2-3-10/h6,10,12H,2-5,7-8H2,1H3,(H,14,17). The molecule has 0 bridgehead atoms. The number of amides is 1. The molecule has 2 fully saturated rings. The predicted octanol–water partition coefficient (Wildman–Crippen LogP) is 0.462. The predicted molar refractivity (Wildman–Crippen MR) is 67.4 cm³/mol. The van der Waals surface area contributed by atoms with Gasteiger partial charge in [-0.3, -0.25) is 9.69 Å². The van der Waals surface area contributed by atoms with Gasteiger partial charge in [-0.1, -0.05) is 5.16 Å². The largest absolute Gasteiger partial charge is 0.366 e. The van der Waals surface area contributed by atoms with Crippen molar-refractivity contribution in [3.8, 4) is 0 Å². The molecular weight excluding hydrogens is 246 g/mol. The molecule has 2 aliphatic rings. The molecule has 1 amide bonds. The lowest BCUT2D eigenvalue weighted by molar-refractivity contribution is -0.139. The van der Waals surface area contributed by atoms with E-state index < -0.39 is 0 Å². The number of nitrogens with one attached hydrogen (secondary N) is 1. The number of aromatic nitrogens is 1. The first kappa shape index (κ1) is 12.6. The summed E-state index contributed by atoms with van der Waals surface area (Å²) in [5, 5.41) is 6.86. The topological polar surface area (TPSA) is 67.6 Å². The van der Waals surface area contributed by atoms with Gasteiger partial charge in [0.15, 0.2) is 5.76 Å². The monoisotopic (exact) mass is 265 g/mol. The third-order valence-corrected chi connectivity index (χ3v) is 3.42. The molecule has 1 saturated carbocycles. The highest BCUT2D eigenvalue weighted by Crippen LogP contribution is 2.19. The zero-order valence-electron chi connectivity index (χ0n) is 11.1. The van der Waals surface area contributed by atoms with E-state index >= 15 is 0 Å². The van der Waals surface area contributed by atoms with Gasteiger partial charge in [0.25, 0.3) is 5.91 Å². The van der Waals surface area contributed by atoms with Gasteiger partial charge in [0.2, 0.25) is 0 Å². The van der Waals surface area contributed by atoms with E-state index in [9.17, 15) is 4.79 Å². The highest BCUT2D eigenvalue weighted by molar-refractivity contribution is 5.81. The van der Waals surface area contributed by atoms with Crippen molar-refractivity contribution < 1.29 is 14.1 Å². The summed E-state index contributed by atoms with van der Waals surface area (Å²) in [6.07, 6.45) is 1.83. The molecule has 1 aromatic heterocycles. The molecule has 1 N–H and O–H groups in total. The van der Waals surface area contributed by atoms with Crippen LogP contribution < -0.4 is 5.32 Å². The molecule has 6 heteroatoms. The zero-order valence-corrected chi connectivity index (χ0v) is 11.1. The van der Waals surface area contributed by atoms with Crippen LogP contribution in [0.15, 0.2) is 10.6 Å². The number of morpholine rings is 1. The maximum Gasteiger partial charge on any atom is 0.250 e. The summed E-state index contributed by atoms with van der Waals surface area (Å²) >= 11 is 0. The lowest BCUT2D eigenvalue weighted by Gasteiger charge is -2.31. The average molecular weight is 265 g/mol. The summed E-state index contributed by atoms with van der Waals surface area (Å²) < 4.78 is 10.7. The Morgan fingerprint density at radius 1 is 1.58 bits per heavy atom. The van der Waals surface area contributed by atoms with E-state index in [4.69, 9.17) is 9.26 Å². The van der Waals surface area contributed by atoms with Gasteiger partial charge in [0.05, 0.1) is 18.8 Å². The van der Waals surface area contributed by atoms with E-state index in [1.807, 2.05) is 13.0 Å². The van der Waals surface area contributed by atoms with Crippen LogP contribution in [0.3, 0.4) is 0 Å². The highest BCUT2D eigenvalue weighted by Gasteiger charge is 2.31. The van der Waals surface area contributed by atoms with E-state index in [1.165, 1.54) is 0 Å². The van der Waals surface area contributed by atoms with Crippen LogP contribution in [-0.2, 0) is 16.1 Å². The van der Waals surface area contributed by atoms with Gasteiger partial charge in [-0.2, -0.15) is 0 Å². The Hall–Kier alpha value is -1.40. The van der Waals surface area contributed by atoms with Crippen LogP contribution in [0.1, 0.15) is 24.3 Å². The molecule has 1 aliphatic carbocycles. The number of carbonyl (C=O) groups is 1. The molecule has 104 valence electrons. The number of carbonyl (C=O) groups excluding carboxylic acids is 1. The van der Waals surface area contributed by atoms with Crippen molar-refractivity contribution in [3.63, 3.8) is 0 Å². The fourth-order valence-corrected chi connectivity index (χ4v) is 2.24. The summed E-state index contributed by atoms with van der Waals surface area (Å²) in [7, 11) is 0. The van der Waals surface area contributed by atoms with Gasteiger partial charge in [-0.15, -0.1) is 0 Å². The van der Waals surface area contributed by atoms with E-state index in [0.717, 1.165) is 30.8 Å². The van der Waals surface area contributed by atoms with Crippen molar-refractivity contribution >= 4 is 5.91 Å². The third kappa shape index (κ3) is 3.33. The first-order valence-electron chi connectivity index (χ1n) is 6.77. The molecule has 0 aromatic carbocycles. The van der Waals surface area contributed by atoms with Crippen molar-refractivity contribution in [2.45, 2.75) is 38.5 Å². The summed E-state index contributed by atoms with van der Waals surface area (Å²) in [5.41, 5.74) is 0.881. The van der Waals surface area contributed by atoms with Crippen molar-refractivity contribution in [1.29, 1.82) is 0 Å². The van der Waals surface area contributed by atoms with E-state index in [-0.39, 0.29) is 12.0 Å². The molecule has 1 saturated heterocycles. The zero-order chi connectivity index (χ0) is 13.2. The van der Waals surface area contributed by atoms with Crippen LogP contribution in [0.2, 0.25) is 0 Å². The highest BCUT2D eigenvalue weighted by atomic mass is 16.5. The van der Waals surface area contributed by atoms with Crippen LogP contribution in [0.25, 0.3) is 0 Å². The second-order valence-corrected chi connectivity index (χ2v) is 5.31. The minimum absolute atomic E-state index is 0.0148. The molecule has 1 aromatic rings. The molecule has 19 heavy (non-hydrogen) atoms. The Morgan fingerprint density at radius 2 is 2.42 bits per heavy atom. The summed E-state index contributed by atoms with van der Waals surface area (Å²) in [6.45, 7) is 4.58. The average Bonchev–Trinajstić information content (AvgIpc) is 3.12. The van der Waals surface area contributed by atoms with Crippen LogP contribution >= 0.6 is 0 Å². The molecule has 2 heterocycles. The molecule has 3 rings (SSSR count). The van der Waals surface area contributed by atoms with Gasteiger partial charge in [0.1, 0.15) is 6.10 Å². The summed E-state index contributed by atoms with van der Waals surface area (Å²) in [6, 6.07) is 2.30. The molecule has 6 nitrogen and oxygen atoms in total. The SMILES string of the molecule is Cc1cc(CN2CCOC(C(=O)NC3CC3)C2)on1. The van der Waals surface area contributed by atoms with Crippen molar-refractivity contribution in [2.75, 3.05) is 19.7 Å². The Bertz CT molecular complexity index is 456. The first-order valence-corrected chi connectivity index (χ1v) is 6.77. The van der Waals surface area contributed by atoms with Gasteiger partial charge in [0, 0.05) is 25.2 Å². The van der Waals surface area contributed by atoms with Crippen LogP contribution in [0.4, 0.5) is 0 Å². The number of hydrogen-bond acceptors (Lipinski definition) is 5. The number of hydrogen-bond donors (Lipinski definition) is 1. The van der Waals surface area contributed by atoms with Crippen molar-refractivity contribution in [3.05, 3.63) is 17.5 Å². The minimum Gasteiger partial charge on any atom is -0.366 e. The van der Waals surface area contributed by atoms with E-state index in [1.54, 1.807) is 0 Å². The number of aryl methyl sites for hydroxylation is 1. The maximum atomic E-state index is 12.0. The fraction of sp³-hybridized carbons (Fsp3) is 0.692. The van der Waals surface area contributed by atoms with Gasteiger partial charge < -0.3 is 14.6 Å². The van der Waals surface area contributed by atoms with Crippen LogP contribution in [-0.4, -0.2) is 47.8 Å². The van der Waals surface area contributed by atoms with Crippen LogP contribution in [0.5, 0.6) is 0 Å². The molecule has 1 atom stereocenters. The Morgan fingerprint density at radius 3 is 3.11 bits per heavy atom. The number of nitrogens with zero attached hydrogens (tertiary/aromatic N) is 2. The van der Waals surface area contributed by atoms with Crippen LogP contribution in [0, 0.1) is 6.92 Å². The Balaban J connectivity index is 1.53. The summed E-state index contributed by atoms with van der Waals surface area (Å²) in [4.78, 5) is 14.1. The second kappa shape index (κ2) is 5.30. The quantitative estimate of drug-likeness (QED) is 0.856. The lowest BCUT2D eigenvalue weighted by Crippen LogP contribution is -2.49. The minimum atomic E-state index is -0.363. The number of ether oxygens (including phenoxy) is 1. The van der Waals surface area contributed by atoms with Crippen molar-refractivity contribution in [2.24, 2.45) is 0 Å². The third-order valence-electron chi connectivity index (χ3n) is 3.42. The molecule has 0 radical (unpaired) electrons. The fourth-order valence-electron chi connectivity index (χ4n) is 2.24. The Labute approximate surface area is 112 Å². The van der Waals surface area contributed by atoms with E-state index in [0.29, 0.717) is 25.7 Å². The second-order valence-electron chi connectivity index (χ2n) is 5.31. The number of rotatable bonds is 4. The normalized spacial score (nSPS) is 24.4. The van der Waals surface area contributed by atoms with Gasteiger partial charge in [-0.05, 0) is 19.8 Å². The summed E-state index contributed by atoms with van der Waals surface area (Å²) in [5.74, 6) is 0.849. The molecule has 0 spiro atoms. The first-order chi connectivity index (χ1) is 9.20. The molecule has 1 aliphatic heterocycles. The Kier molecular flexibility index (Phi) is 3.52.